The molecule has 4 aromatic carbocycles. The van der Waals surface area contributed by atoms with Crippen LogP contribution >= 0.6 is 11.6 Å². The highest BCUT2D eigenvalue weighted by molar-refractivity contribution is 6.31. The van der Waals surface area contributed by atoms with Crippen molar-refractivity contribution >= 4 is 34.0 Å². The second-order valence-electron chi connectivity index (χ2n) is 7.25. The van der Waals surface area contributed by atoms with E-state index in [1.807, 2.05) is 91.9 Å². The summed E-state index contributed by atoms with van der Waals surface area (Å²) in [5, 5.41) is 12.7. The molecule has 0 radical (unpaired) electrons. The Morgan fingerprint density at radius 1 is 0.875 bits per heavy atom. The molecule has 0 aliphatic heterocycles. The molecular formula is C28H22ClNO2. The topological polar surface area (TPSA) is 42.2 Å². The highest BCUT2D eigenvalue weighted by Gasteiger charge is 2.09. The minimum absolute atomic E-state index is 0.343. The lowest BCUT2D eigenvalue weighted by Gasteiger charge is -2.13. The fraction of sp³-hybridized carbons (Fsp3) is 0.107. The van der Waals surface area contributed by atoms with Crippen molar-refractivity contribution in [2.45, 2.75) is 13.5 Å². The van der Waals surface area contributed by atoms with E-state index in [1.165, 1.54) is 0 Å². The summed E-state index contributed by atoms with van der Waals surface area (Å²) in [6.07, 6.45) is 1.87. The van der Waals surface area contributed by atoms with E-state index in [-0.39, 0.29) is 0 Å². The summed E-state index contributed by atoms with van der Waals surface area (Å²) in [6, 6.07) is 29.8. The van der Waals surface area contributed by atoms with E-state index in [4.69, 9.17) is 21.1 Å². The van der Waals surface area contributed by atoms with Crippen molar-refractivity contribution in [1.82, 2.24) is 0 Å². The third-order valence-electron chi connectivity index (χ3n) is 5.10. The molecule has 0 aliphatic carbocycles. The molecule has 0 fully saturated rings. The Hall–Kier alpha value is -3.74. The highest BCUT2D eigenvalue weighted by Crippen LogP contribution is 2.32. The zero-order valence-electron chi connectivity index (χ0n) is 17.7. The van der Waals surface area contributed by atoms with Gasteiger partial charge in [-0.2, -0.15) is 5.26 Å². The Labute approximate surface area is 193 Å². The van der Waals surface area contributed by atoms with Gasteiger partial charge in [0.2, 0.25) is 0 Å². The Morgan fingerprint density at radius 2 is 1.66 bits per heavy atom. The third-order valence-corrected chi connectivity index (χ3v) is 5.47. The molecule has 0 amide bonds. The van der Waals surface area contributed by atoms with Gasteiger partial charge in [-0.3, -0.25) is 0 Å². The SMILES string of the molecule is CCOc1cc(/C=C(/C#N)c2ccc3ccccc3c2)ccc1OCc1ccccc1Cl. The number of fused-ring (bicyclic) bond motifs is 1. The first-order chi connectivity index (χ1) is 15.7. The second kappa shape index (κ2) is 10.0. The van der Waals surface area contributed by atoms with Gasteiger partial charge in [-0.15, -0.1) is 0 Å². The van der Waals surface area contributed by atoms with E-state index in [1.54, 1.807) is 0 Å². The summed E-state index contributed by atoms with van der Waals surface area (Å²) in [5.41, 5.74) is 3.23. The number of benzene rings is 4. The number of nitrogens with zero attached hydrogens (tertiary/aromatic N) is 1. The lowest BCUT2D eigenvalue weighted by atomic mass is 10.00. The van der Waals surface area contributed by atoms with E-state index < -0.39 is 0 Å². The molecule has 3 nitrogen and oxygen atoms in total. The molecule has 158 valence electrons. The first-order valence-electron chi connectivity index (χ1n) is 10.4. The zero-order chi connectivity index (χ0) is 22.3. The fourth-order valence-electron chi connectivity index (χ4n) is 3.48. The molecule has 0 N–H and O–H groups in total. The summed E-state index contributed by atoms with van der Waals surface area (Å²) in [4.78, 5) is 0. The maximum atomic E-state index is 9.79. The summed E-state index contributed by atoms with van der Waals surface area (Å²) >= 11 is 6.23. The predicted molar refractivity (Wildman–Crippen MR) is 131 cm³/mol. The average Bonchev–Trinajstić information content (AvgIpc) is 2.83. The monoisotopic (exact) mass is 439 g/mol. The van der Waals surface area contributed by atoms with Gasteiger partial charge < -0.3 is 9.47 Å². The van der Waals surface area contributed by atoms with Crippen molar-refractivity contribution in [3.05, 3.63) is 107 Å². The lowest BCUT2D eigenvalue weighted by molar-refractivity contribution is 0.269. The van der Waals surface area contributed by atoms with Gasteiger partial charge in [-0.05, 0) is 59.2 Å². The van der Waals surface area contributed by atoms with Crippen LogP contribution in [0, 0.1) is 11.3 Å². The minimum Gasteiger partial charge on any atom is -0.490 e. The molecule has 0 bridgehead atoms. The Bertz CT molecular complexity index is 1320. The summed E-state index contributed by atoms with van der Waals surface area (Å²) in [6.45, 7) is 2.77. The summed E-state index contributed by atoms with van der Waals surface area (Å²) in [7, 11) is 0. The van der Waals surface area contributed by atoms with Crippen molar-refractivity contribution in [1.29, 1.82) is 5.26 Å². The van der Waals surface area contributed by atoms with Crippen LogP contribution in [-0.2, 0) is 6.61 Å². The van der Waals surface area contributed by atoms with E-state index >= 15 is 0 Å². The van der Waals surface area contributed by atoms with Crippen LogP contribution in [0.4, 0.5) is 0 Å². The number of rotatable bonds is 7. The van der Waals surface area contributed by atoms with E-state index in [9.17, 15) is 5.26 Å². The van der Waals surface area contributed by atoms with Crippen LogP contribution in [0.5, 0.6) is 11.5 Å². The second-order valence-corrected chi connectivity index (χ2v) is 7.66. The Morgan fingerprint density at radius 3 is 2.44 bits per heavy atom. The highest BCUT2D eigenvalue weighted by atomic mass is 35.5. The Kier molecular flexibility index (Phi) is 6.75. The van der Waals surface area contributed by atoms with Gasteiger partial charge in [0.05, 0.1) is 18.2 Å². The van der Waals surface area contributed by atoms with Crippen LogP contribution in [0.25, 0.3) is 22.4 Å². The van der Waals surface area contributed by atoms with Crippen molar-refractivity contribution in [2.24, 2.45) is 0 Å². The maximum Gasteiger partial charge on any atom is 0.161 e. The van der Waals surface area contributed by atoms with Crippen LogP contribution in [0.2, 0.25) is 5.02 Å². The van der Waals surface area contributed by atoms with Crippen LogP contribution in [0.1, 0.15) is 23.6 Å². The van der Waals surface area contributed by atoms with E-state index in [2.05, 4.69) is 12.1 Å². The number of hydrogen-bond donors (Lipinski definition) is 0. The molecule has 32 heavy (non-hydrogen) atoms. The summed E-state index contributed by atoms with van der Waals surface area (Å²) < 4.78 is 11.8. The van der Waals surface area contributed by atoms with Gasteiger partial charge in [-0.25, -0.2) is 0 Å². The molecule has 4 rings (SSSR count). The molecule has 4 aromatic rings. The minimum atomic E-state index is 0.343. The molecule has 4 heteroatoms. The van der Waals surface area contributed by atoms with E-state index in [0.717, 1.165) is 27.5 Å². The number of ether oxygens (including phenoxy) is 2. The van der Waals surface area contributed by atoms with E-state index in [0.29, 0.717) is 35.3 Å². The number of halogens is 1. The van der Waals surface area contributed by atoms with Crippen molar-refractivity contribution < 1.29 is 9.47 Å². The van der Waals surface area contributed by atoms with Gasteiger partial charge in [0.25, 0.3) is 0 Å². The molecule has 0 heterocycles. The van der Waals surface area contributed by atoms with Crippen molar-refractivity contribution in [3.63, 3.8) is 0 Å². The van der Waals surface area contributed by atoms with Crippen LogP contribution in [0.3, 0.4) is 0 Å². The number of hydrogen-bond acceptors (Lipinski definition) is 3. The standard InChI is InChI=1S/C28H22ClNO2/c1-2-31-28-16-20(11-14-27(28)32-19-24-9-5-6-10-26(24)29)15-25(18-30)23-13-12-21-7-3-4-8-22(21)17-23/h3-17H,2,19H2,1H3/b25-15-. The largest absolute Gasteiger partial charge is 0.490 e. The van der Waals surface area contributed by atoms with Crippen molar-refractivity contribution in [2.75, 3.05) is 6.61 Å². The third kappa shape index (κ3) is 4.94. The average molecular weight is 440 g/mol. The first kappa shape index (κ1) is 21.5. The molecule has 0 unspecified atom stereocenters. The Balaban J connectivity index is 1.62. The number of nitriles is 1. The molecule has 0 saturated carbocycles. The van der Waals surface area contributed by atoms with Crippen LogP contribution in [0.15, 0.2) is 84.9 Å². The molecule has 0 aliphatic rings. The van der Waals surface area contributed by atoms with Gasteiger partial charge in [0, 0.05) is 10.6 Å². The van der Waals surface area contributed by atoms with Crippen molar-refractivity contribution in [3.8, 4) is 17.6 Å². The quantitative estimate of drug-likeness (QED) is 0.220. The van der Waals surface area contributed by atoms with Gasteiger partial charge in [-0.1, -0.05) is 72.3 Å². The zero-order valence-corrected chi connectivity index (χ0v) is 18.5. The lowest BCUT2D eigenvalue weighted by Crippen LogP contribution is -2.00. The molecule has 0 aromatic heterocycles. The molecular weight excluding hydrogens is 418 g/mol. The molecule has 0 spiro atoms. The number of allylic oxidation sites excluding steroid dienone is 1. The summed E-state index contributed by atoms with van der Waals surface area (Å²) in [5.74, 6) is 1.26. The first-order valence-corrected chi connectivity index (χ1v) is 10.8. The smallest absolute Gasteiger partial charge is 0.161 e. The normalized spacial score (nSPS) is 11.2. The van der Waals surface area contributed by atoms with Gasteiger partial charge in [0.15, 0.2) is 11.5 Å². The molecule has 0 atom stereocenters. The molecule has 0 saturated heterocycles. The van der Waals surface area contributed by atoms with Gasteiger partial charge >= 0.3 is 0 Å². The van der Waals surface area contributed by atoms with Crippen LogP contribution < -0.4 is 9.47 Å². The predicted octanol–water partition coefficient (Wildman–Crippen LogP) is 7.54. The fourth-order valence-corrected chi connectivity index (χ4v) is 3.67. The maximum absolute atomic E-state index is 9.79. The van der Waals surface area contributed by atoms with Crippen LogP contribution in [-0.4, -0.2) is 6.61 Å². The van der Waals surface area contributed by atoms with Gasteiger partial charge in [0.1, 0.15) is 6.61 Å².